The first kappa shape index (κ1) is 14.2. The lowest BCUT2D eigenvalue weighted by atomic mass is 10.2. The van der Waals surface area contributed by atoms with Gasteiger partial charge >= 0.3 is 0 Å². The second kappa shape index (κ2) is 5.44. The van der Waals surface area contributed by atoms with Crippen molar-refractivity contribution in [3.8, 4) is 0 Å². The van der Waals surface area contributed by atoms with Gasteiger partial charge in [0.1, 0.15) is 10.9 Å². The highest BCUT2D eigenvalue weighted by Crippen LogP contribution is 2.24. The summed E-state index contributed by atoms with van der Waals surface area (Å²) < 4.78 is 0. The third-order valence-corrected chi connectivity index (χ3v) is 3.80. The predicted octanol–water partition coefficient (Wildman–Crippen LogP) is -0.00706. The number of aryl methyl sites for hydroxylation is 2. The topological polar surface area (TPSA) is 86.6 Å². The summed E-state index contributed by atoms with van der Waals surface area (Å²) in [7, 11) is 0. The van der Waals surface area contributed by atoms with Crippen LogP contribution in [0.3, 0.4) is 0 Å². The van der Waals surface area contributed by atoms with Gasteiger partial charge in [-0.3, -0.25) is 4.79 Å². The fourth-order valence-electron chi connectivity index (χ4n) is 2.17. The molecule has 0 radical (unpaired) electrons. The lowest BCUT2D eigenvalue weighted by molar-refractivity contribution is 0.0572. The Morgan fingerprint density at radius 1 is 1.26 bits per heavy atom. The summed E-state index contributed by atoms with van der Waals surface area (Å²) in [6, 6.07) is 0. The molecule has 2 rings (SSSR count). The Balaban J connectivity index is 2.34. The number of amides is 1. The molecule has 1 amide bonds. The van der Waals surface area contributed by atoms with Gasteiger partial charge in [0.15, 0.2) is 0 Å². The average Bonchev–Trinajstić information content (AvgIpc) is 2.68. The van der Waals surface area contributed by atoms with Gasteiger partial charge in [-0.25, -0.2) is 9.97 Å². The van der Waals surface area contributed by atoms with Crippen molar-refractivity contribution < 1.29 is 15.0 Å². The summed E-state index contributed by atoms with van der Waals surface area (Å²) >= 11 is 1.39. The largest absolute Gasteiger partial charge is 0.388 e. The number of carbonyl (C=O) groups excluding carboxylic acids is 1. The van der Waals surface area contributed by atoms with E-state index >= 15 is 0 Å². The van der Waals surface area contributed by atoms with Gasteiger partial charge in [0, 0.05) is 13.1 Å². The number of β-amino-alcohol motifs (C(OH)–C–C–N with tert-alkyl or cyclic N) is 2. The van der Waals surface area contributed by atoms with E-state index in [9.17, 15) is 15.0 Å². The normalized spacial score (nSPS) is 22.9. The number of carbonyl (C=O) groups is 1. The average molecular weight is 283 g/mol. The number of hydrogen-bond acceptors (Lipinski definition) is 6. The number of aliphatic hydroxyl groups is 2. The van der Waals surface area contributed by atoms with Gasteiger partial charge in [-0.15, -0.1) is 11.8 Å². The first-order valence-electron chi connectivity index (χ1n) is 5.98. The van der Waals surface area contributed by atoms with Crippen molar-refractivity contribution in [2.24, 2.45) is 0 Å². The Hall–Kier alpha value is -1.18. The van der Waals surface area contributed by atoms with E-state index in [4.69, 9.17) is 0 Å². The SMILES string of the molecule is CSc1nc(C)nc(C)c1C(=O)N1CC(O)C(O)C1. The van der Waals surface area contributed by atoms with Crippen LogP contribution in [0.1, 0.15) is 21.9 Å². The molecule has 1 aliphatic heterocycles. The number of nitrogens with zero attached hydrogens (tertiary/aromatic N) is 3. The predicted molar refractivity (Wildman–Crippen MR) is 71.2 cm³/mol. The zero-order chi connectivity index (χ0) is 14.2. The first-order chi connectivity index (χ1) is 8.93. The lowest BCUT2D eigenvalue weighted by Gasteiger charge is -2.18. The lowest BCUT2D eigenvalue weighted by Crippen LogP contribution is -2.31. The molecular formula is C12H17N3O3S. The molecule has 2 heterocycles. The molecule has 2 unspecified atom stereocenters. The molecule has 1 aliphatic rings. The minimum atomic E-state index is -0.881. The minimum Gasteiger partial charge on any atom is -0.388 e. The summed E-state index contributed by atoms with van der Waals surface area (Å²) in [6.07, 6.45) is 0.0905. The maximum Gasteiger partial charge on any atom is 0.258 e. The second-order valence-corrected chi connectivity index (χ2v) is 5.38. The molecule has 19 heavy (non-hydrogen) atoms. The van der Waals surface area contributed by atoms with Crippen molar-refractivity contribution in [1.82, 2.24) is 14.9 Å². The van der Waals surface area contributed by atoms with Crippen molar-refractivity contribution in [1.29, 1.82) is 0 Å². The maximum absolute atomic E-state index is 12.5. The highest BCUT2D eigenvalue weighted by atomic mass is 32.2. The van der Waals surface area contributed by atoms with Gasteiger partial charge in [-0.05, 0) is 20.1 Å². The zero-order valence-electron chi connectivity index (χ0n) is 11.1. The molecule has 7 heteroatoms. The highest BCUT2D eigenvalue weighted by Gasteiger charge is 2.34. The number of hydrogen-bond donors (Lipinski definition) is 2. The standard InChI is InChI=1S/C12H17N3O3S/c1-6-10(11(19-3)14-7(2)13-6)12(18)15-4-8(16)9(17)5-15/h8-9,16-17H,4-5H2,1-3H3. The third-order valence-electron chi connectivity index (χ3n) is 3.12. The monoisotopic (exact) mass is 283 g/mol. The second-order valence-electron chi connectivity index (χ2n) is 4.59. The number of rotatable bonds is 2. The van der Waals surface area contributed by atoms with Gasteiger partial charge in [0.05, 0.1) is 23.5 Å². The zero-order valence-corrected chi connectivity index (χ0v) is 11.9. The van der Waals surface area contributed by atoms with Crippen LogP contribution in [0, 0.1) is 13.8 Å². The molecule has 1 aromatic rings. The molecule has 0 spiro atoms. The van der Waals surface area contributed by atoms with Crippen LogP contribution >= 0.6 is 11.8 Å². The molecule has 0 saturated carbocycles. The molecule has 0 bridgehead atoms. The summed E-state index contributed by atoms with van der Waals surface area (Å²) in [5, 5.41) is 19.7. The summed E-state index contributed by atoms with van der Waals surface area (Å²) in [5.74, 6) is 0.386. The molecule has 1 aromatic heterocycles. The third kappa shape index (κ3) is 2.72. The molecule has 1 fully saturated rings. The number of aliphatic hydroxyl groups excluding tert-OH is 2. The Kier molecular flexibility index (Phi) is 4.07. The van der Waals surface area contributed by atoms with Crippen LogP contribution in [0.2, 0.25) is 0 Å². The minimum absolute atomic E-state index is 0.140. The van der Waals surface area contributed by atoms with Crippen molar-refractivity contribution >= 4 is 17.7 Å². The smallest absolute Gasteiger partial charge is 0.258 e. The Morgan fingerprint density at radius 3 is 2.37 bits per heavy atom. The molecular weight excluding hydrogens is 266 g/mol. The van der Waals surface area contributed by atoms with Crippen molar-refractivity contribution in [3.63, 3.8) is 0 Å². The molecule has 1 saturated heterocycles. The van der Waals surface area contributed by atoms with E-state index in [1.165, 1.54) is 16.7 Å². The van der Waals surface area contributed by atoms with Crippen LogP contribution < -0.4 is 0 Å². The van der Waals surface area contributed by atoms with Crippen LogP contribution in [0.25, 0.3) is 0 Å². The fraction of sp³-hybridized carbons (Fsp3) is 0.583. The van der Waals surface area contributed by atoms with Gasteiger partial charge in [0.25, 0.3) is 5.91 Å². The van der Waals surface area contributed by atoms with Crippen LogP contribution in [0.5, 0.6) is 0 Å². The Bertz CT molecular complexity index is 499. The van der Waals surface area contributed by atoms with Gasteiger partial charge in [0.2, 0.25) is 0 Å². The number of aromatic nitrogens is 2. The van der Waals surface area contributed by atoms with Crippen molar-refractivity contribution in [3.05, 3.63) is 17.1 Å². The molecule has 6 nitrogen and oxygen atoms in total. The van der Waals surface area contributed by atoms with Gasteiger partial charge < -0.3 is 15.1 Å². The van der Waals surface area contributed by atoms with E-state index in [0.717, 1.165) is 0 Å². The molecule has 2 atom stereocenters. The Labute approximate surface area is 115 Å². The summed E-state index contributed by atoms with van der Waals surface area (Å²) in [5.41, 5.74) is 1.08. The highest BCUT2D eigenvalue weighted by molar-refractivity contribution is 7.98. The molecule has 0 aliphatic carbocycles. The quantitative estimate of drug-likeness (QED) is 0.586. The molecule has 0 aromatic carbocycles. The van der Waals surface area contributed by atoms with Crippen LogP contribution in [0.4, 0.5) is 0 Å². The van der Waals surface area contributed by atoms with E-state index in [1.807, 2.05) is 6.26 Å². The van der Waals surface area contributed by atoms with E-state index in [2.05, 4.69) is 9.97 Å². The van der Waals surface area contributed by atoms with Crippen molar-refractivity contribution in [2.45, 2.75) is 31.1 Å². The fourth-order valence-corrected chi connectivity index (χ4v) is 2.83. The van der Waals surface area contributed by atoms with Crippen LogP contribution in [-0.4, -0.2) is 62.5 Å². The van der Waals surface area contributed by atoms with E-state index in [-0.39, 0.29) is 19.0 Å². The number of thioether (sulfide) groups is 1. The van der Waals surface area contributed by atoms with Crippen LogP contribution in [-0.2, 0) is 0 Å². The van der Waals surface area contributed by atoms with E-state index in [1.54, 1.807) is 13.8 Å². The van der Waals surface area contributed by atoms with Crippen LogP contribution in [0.15, 0.2) is 5.03 Å². The van der Waals surface area contributed by atoms with Crippen molar-refractivity contribution in [2.75, 3.05) is 19.3 Å². The summed E-state index contributed by atoms with van der Waals surface area (Å²) in [4.78, 5) is 22.4. The van der Waals surface area contributed by atoms with Gasteiger partial charge in [-0.1, -0.05) is 0 Å². The molecule has 2 N–H and O–H groups in total. The first-order valence-corrected chi connectivity index (χ1v) is 7.21. The maximum atomic E-state index is 12.5. The van der Waals surface area contributed by atoms with E-state index in [0.29, 0.717) is 22.1 Å². The Morgan fingerprint density at radius 2 is 1.84 bits per heavy atom. The van der Waals surface area contributed by atoms with Gasteiger partial charge in [-0.2, -0.15) is 0 Å². The van der Waals surface area contributed by atoms with E-state index < -0.39 is 12.2 Å². The summed E-state index contributed by atoms with van der Waals surface area (Å²) in [6.45, 7) is 3.83. The molecule has 104 valence electrons. The number of likely N-dealkylation sites (tertiary alicyclic amines) is 1.